The third-order valence-electron chi connectivity index (χ3n) is 1.08. The number of nitrogens with two attached hydrogens (primary N) is 1. The van der Waals surface area contributed by atoms with Crippen LogP contribution in [0.5, 0.6) is 0 Å². The first-order valence-electron chi connectivity index (χ1n) is 2.91. The molecule has 0 radical (unpaired) electrons. The molecule has 0 atom stereocenters. The van der Waals surface area contributed by atoms with Gasteiger partial charge in [0.2, 0.25) is 0 Å². The molecule has 2 N–H and O–H groups in total. The van der Waals surface area contributed by atoms with Crippen molar-refractivity contribution in [3.63, 3.8) is 0 Å². The normalized spacial score (nSPS) is 17.2. The van der Waals surface area contributed by atoms with Crippen molar-refractivity contribution in [2.24, 2.45) is 10.9 Å². The van der Waals surface area contributed by atoms with Crippen molar-refractivity contribution in [3.05, 3.63) is 0 Å². The van der Waals surface area contributed by atoms with Crippen molar-refractivity contribution in [1.29, 1.82) is 0 Å². The van der Waals surface area contributed by atoms with Crippen LogP contribution in [0.15, 0.2) is 4.99 Å². The zero-order valence-corrected chi connectivity index (χ0v) is 5.17. The van der Waals surface area contributed by atoms with Gasteiger partial charge < -0.3 is 9.57 Å². The molecule has 0 aromatic rings. The molecule has 1 rings (SSSR count). The van der Waals surface area contributed by atoms with Crippen LogP contribution in [0.4, 0.5) is 0 Å². The van der Waals surface area contributed by atoms with Crippen LogP contribution < -0.4 is 5.90 Å². The van der Waals surface area contributed by atoms with Crippen LogP contribution in [-0.2, 0) is 9.57 Å². The quantitative estimate of drug-likeness (QED) is 0.533. The summed E-state index contributed by atoms with van der Waals surface area (Å²) >= 11 is 0. The first-order chi connectivity index (χ1) is 4.43. The van der Waals surface area contributed by atoms with Crippen LogP contribution >= 0.6 is 0 Å². The van der Waals surface area contributed by atoms with Crippen LogP contribution in [0.2, 0.25) is 0 Å². The topological polar surface area (TPSA) is 56.8 Å². The first-order valence-corrected chi connectivity index (χ1v) is 2.91. The van der Waals surface area contributed by atoms with E-state index in [2.05, 4.69) is 9.83 Å². The summed E-state index contributed by atoms with van der Waals surface area (Å²) in [5.74, 6) is 5.56. The zero-order valence-electron chi connectivity index (χ0n) is 5.17. The molecule has 0 aromatic heterocycles. The van der Waals surface area contributed by atoms with E-state index in [4.69, 9.17) is 10.6 Å². The molecule has 1 aliphatic heterocycles. The Morgan fingerprint density at radius 3 is 3.22 bits per heavy atom. The van der Waals surface area contributed by atoms with E-state index in [1.165, 1.54) is 0 Å². The maximum absolute atomic E-state index is 5.07. The summed E-state index contributed by atoms with van der Waals surface area (Å²) in [6.45, 7) is 1.97. The van der Waals surface area contributed by atoms with E-state index in [1.807, 2.05) is 0 Å². The Balaban J connectivity index is 2.11. The van der Waals surface area contributed by atoms with E-state index >= 15 is 0 Å². The molecule has 4 nitrogen and oxygen atoms in total. The fourth-order valence-electron chi connectivity index (χ4n) is 0.677. The third-order valence-corrected chi connectivity index (χ3v) is 1.08. The van der Waals surface area contributed by atoms with Gasteiger partial charge in [-0.3, -0.25) is 4.99 Å². The number of nitrogens with zero attached hydrogens (tertiary/aromatic N) is 1. The van der Waals surface area contributed by atoms with Gasteiger partial charge in [-0.15, -0.1) is 0 Å². The minimum Gasteiger partial charge on any atom is -0.479 e. The van der Waals surface area contributed by atoms with Crippen LogP contribution in [0.25, 0.3) is 0 Å². The van der Waals surface area contributed by atoms with Crippen molar-refractivity contribution in [2.75, 3.05) is 19.8 Å². The Labute approximate surface area is 53.6 Å². The van der Waals surface area contributed by atoms with E-state index in [0.29, 0.717) is 19.6 Å². The highest BCUT2D eigenvalue weighted by atomic mass is 16.6. The van der Waals surface area contributed by atoms with Gasteiger partial charge in [0.05, 0.1) is 13.2 Å². The van der Waals surface area contributed by atoms with Crippen molar-refractivity contribution in [1.82, 2.24) is 0 Å². The number of hydrogen-bond donors (Lipinski definition) is 1. The average Bonchev–Trinajstić information content (AvgIpc) is 2.34. The van der Waals surface area contributed by atoms with Gasteiger partial charge in [0.1, 0.15) is 6.61 Å². The smallest absolute Gasteiger partial charge is 0.185 e. The Kier molecular flexibility index (Phi) is 2.48. The summed E-state index contributed by atoms with van der Waals surface area (Å²) in [5.41, 5.74) is 0. The summed E-state index contributed by atoms with van der Waals surface area (Å²) in [7, 11) is 0. The zero-order chi connectivity index (χ0) is 6.53. The number of ether oxygens (including phenoxy) is 1. The van der Waals surface area contributed by atoms with E-state index < -0.39 is 0 Å². The fraction of sp³-hybridized carbons (Fsp3) is 0.800. The van der Waals surface area contributed by atoms with Crippen molar-refractivity contribution >= 4 is 5.90 Å². The van der Waals surface area contributed by atoms with Crippen molar-refractivity contribution in [3.8, 4) is 0 Å². The SMILES string of the molecule is NOCCC1=NCCO1. The molecule has 52 valence electrons. The summed E-state index contributed by atoms with van der Waals surface area (Å²) in [6, 6.07) is 0. The monoisotopic (exact) mass is 130 g/mol. The van der Waals surface area contributed by atoms with Gasteiger partial charge in [-0.25, -0.2) is 5.90 Å². The summed E-state index contributed by atoms with van der Waals surface area (Å²) < 4.78 is 5.07. The molecule has 4 heteroatoms. The van der Waals surface area contributed by atoms with Gasteiger partial charge in [0, 0.05) is 6.42 Å². The Morgan fingerprint density at radius 1 is 1.78 bits per heavy atom. The maximum Gasteiger partial charge on any atom is 0.185 e. The third kappa shape index (κ3) is 1.99. The molecule has 0 bridgehead atoms. The van der Waals surface area contributed by atoms with Crippen LogP contribution in [0.3, 0.4) is 0 Å². The highest BCUT2D eigenvalue weighted by molar-refractivity contribution is 5.77. The molecule has 9 heavy (non-hydrogen) atoms. The standard InChI is InChI=1S/C5H10N2O2/c6-9-3-1-5-7-2-4-8-5/h1-4,6H2. The van der Waals surface area contributed by atoms with Gasteiger partial charge in [-0.2, -0.15) is 0 Å². The number of rotatable bonds is 3. The van der Waals surface area contributed by atoms with E-state index in [9.17, 15) is 0 Å². The number of hydrogen-bond acceptors (Lipinski definition) is 4. The molecule has 0 aliphatic carbocycles. The lowest BCUT2D eigenvalue weighted by molar-refractivity contribution is 0.141. The fourth-order valence-corrected chi connectivity index (χ4v) is 0.677. The average molecular weight is 130 g/mol. The van der Waals surface area contributed by atoms with Gasteiger partial charge in [0.15, 0.2) is 5.90 Å². The predicted octanol–water partition coefficient (Wildman–Crippen LogP) is -0.304. The minimum atomic E-state index is 0.485. The predicted molar refractivity (Wildman–Crippen MR) is 33.0 cm³/mol. The van der Waals surface area contributed by atoms with Crippen LogP contribution in [-0.4, -0.2) is 25.7 Å². The van der Waals surface area contributed by atoms with E-state index in [1.54, 1.807) is 0 Å². The molecular formula is C5H10N2O2. The molecule has 0 aromatic carbocycles. The summed E-state index contributed by atoms with van der Waals surface area (Å²) in [6.07, 6.45) is 0.691. The van der Waals surface area contributed by atoms with Crippen LogP contribution in [0.1, 0.15) is 6.42 Å². The van der Waals surface area contributed by atoms with Crippen molar-refractivity contribution < 1.29 is 9.57 Å². The molecule has 0 unspecified atom stereocenters. The second-order valence-electron chi connectivity index (χ2n) is 1.74. The molecular weight excluding hydrogens is 120 g/mol. The molecule has 0 amide bonds. The van der Waals surface area contributed by atoms with Gasteiger partial charge in [-0.1, -0.05) is 0 Å². The highest BCUT2D eigenvalue weighted by Gasteiger charge is 2.05. The van der Waals surface area contributed by atoms with Gasteiger partial charge >= 0.3 is 0 Å². The molecule has 1 aliphatic rings. The number of aliphatic imine (C=N–C) groups is 1. The second-order valence-corrected chi connectivity index (χ2v) is 1.74. The largest absolute Gasteiger partial charge is 0.479 e. The Bertz CT molecular complexity index is 114. The molecule has 1 heterocycles. The second kappa shape index (κ2) is 3.42. The lowest BCUT2D eigenvalue weighted by atomic mass is 10.5. The Hall–Kier alpha value is -0.610. The van der Waals surface area contributed by atoms with Gasteiger partial charge in [-0.05, 0) is 0 Å². The Morgan fingerprint density at radius 2 is 2.67 bits per heavy atom. The summed E-state index contributed by atoms with van der Waals surface area (Å²) in [5, 5.41) is 0. The molecule has 0 saturated heterocycles. The molecule has 0 spiro atoms. The molecule has 0 saturated carbocycles. The van der Waals surface area contributed by atoms with Crippen molar-refractivity contribution in [2.45, 2.75) is 6.42 Å². The van der Waals surface area contributed by atoms with Gasteiger partial charge in [0.25, 0.3) is 0 Å². The first kappa shape index (κ1) is 6.51. The summed E-state index contributed by atoms with van der Waals surface area (Å²) in [4.78, 5) is 8.38. The van der Waals surface area contributed by atoms with Crippen LogP contribution in [0, 0.1) is 0 Å². The molecule has 0 fully saturated rings. The lowest BCUT2D eigenvalue weighted by Gasteiger charge is -1.97. The van der Waals surface area contributed by atoms with E-state index in [0.717, 1.165) is 12.4 Å². The minimum absolute atomic E-state index is 0.485. The highest BCUT2D eigenvalue weighted by Crippen LogP contribution is 1.97. The lowest BCUT2D eigenvalue weighted by Crippen LogP contribution is -2.07. The van der Waals surface area contributed by atoms with E-state index in [-0.39, 0.29) is 0 Å². The maximum atomic E-state index is 5.07.